The maximum Gasteiger partial charge on any atom is 0.325 e. The van der Waals surface area contributed by atoms with Gasteiger partial charge >= 0.3 is 5.97 Å². The Morgan fingerprint density at radius 1 is 1.09 bits per heavy atom. The van der Waals surface area contributed by atoms with Crippen molar-refractivity contribution in [3.05, 3.63) is 0 Å². The van der Waals surface area contributed by atoms with Crippen molar-refractivity contribution >= 4 is 5.97 Å². The van der Waals surface area contributed by atoms with Gasteiger partial charge in [0, 0.05) is 19.4 Å². The zero-order valence-electron chi connectivity index (χ0n) is 13.7. The number of ether oxygens (including phenoxy) is 3. The minimum Gasteiger partial charge on any atom is -0.464 e. The zero-order chi connectivity index (χ0) is 16.5. The van der Waals surface area contributed by atoms with Crippen LogP contribution in [0.4, 0.5) is 0 Å². The molecule has 1 saturated carbocycles. The van der Waals surface area contributed by atoms with Gasteiger partial charge in [0.25, 0.3) is 0 Å². The molecule has 0 radical (unpaired) electrons. The zero-order valence-corrected chi connectivity index (χ0v) is 13.7. The molecule has 6 heteroatoms. The molecular weight excluding hydrogens is 296 g/mol. The lowest BCUT2D eigenvalue weighted by Gasteiger charge is -2.12. The average molecular weight is 324 g/mol. The number of rotatable bonds is 10. The van der Waals surface area contributed by atoms with Crippen molar-refractivity contribution < 1.29 is 19.0 Å². The summed E-state index contributed by atoms with van der Waals surface area (Å²) in [6.07, 6.45) is 4.17. The van der Waals surface area contributed by atoms with Gasteiger partial charge in [-0.1, -0.05) is 0 Å². The molecule has 2 aliphatic carbocycles. The van der Waals surface area contributed by atoms with Crippen molar-refractivity contribution in [1.29, 1.82) is 0 Å². The lowest BCUT2D eigenvalue weighted by atomic mass is 10.1. The van der Waals surface area contributed by atoms with E-state index in [1.54, 1.807) is 0 Å². The Morgan fingerprint density at radius 3 is 2.39 bits per heavy atom. The van der Waals surface area contributed by atoms with E-state index in [0.29, 0.717) is 50.7 Å². The number of nitrogens with two attached hydrogens (primary N) is 2. The molecule has 0 aliphatic heterocycles. The number of carbonyl (C=O) groups is 1. The fraction of sp³-hybridized carbons (Fsp3) is 0.824. The number of esters is 1. The molecule has 0 aromatic heterocycles. The van der Waals surface area contributed by atoms with Crippen molar-refractivity contribution in [1.82, 2.24) is 0 Å². The minimum absolute atomic E-state index is 0.149. The Bertz CT molecular complexity index is 414. The van der Waals surface area contributed by atoms with Crippen LogP contribution in [-0.4, -0.2) is 51.6 Å². The second-order valence-electron chi connectivity index (χ2n) is 6.13. The molecule has 2 aliphatic rings. The van der Waals surface area contributed by atoms with Crippen LogP contribution >= 0.6 is 0 Å². The van der Waals surface area contributed by atoms with E-state index in [0.717, 1.165) is 25.7 Å². The van der Waals surface area contributed by atoms with E-state index in [4.69, 9.17) is 25.7 Å². The predicted molar refractivity (Wildman–Crippen MR) is 86.3 cm³/mol. The molecular formula is C17H28N2O4. The highest BCUT2D eigenvalue weighted by Gasteiger charge is 2.49. The monoisotopic (exact) mass is 324 g/mol. The third-order valence-corrected chi connectivity index (χ3v) is 4.49. The van der Waals surface area contributed by atoms with Crippen LogP contribution in [0.3, 0.4) is 0 Å². The van der Waals surface area contributed by atoms with Crippen LogP contribution in [-0.2, 0) is 19.0 Å². The van der Waals surface area contributed by atoms with Crippen molar-refractivity contribution in [2.75, 3.05) is 39.6 Å². The van der Waals surface area contributed by atoms with Crippen molar-refractivity contribution in [3.8, 4) is 11.8 Å². The van der Waals surface area contributed by atoms with E-state index < -0.39 is 6.04 Å². The molecule has 0 spiro atoms. The van der Waals surface area contributed by atoms with Gasteiger partial charge < -0.3 is 25.7 Å². The summed E-state index contributed by atoms with van der Waals surface area (Å²) in [6, 6.07) is -0.737. The standard InChI is InChI=1S/C17H28N2O4/c18-7-8-21-9-10-22-12-16(19)17(20)23-11-15-13-5-3-1-2-4-6-14(13)15/h13-16H,3-12,18-19H2/t13-,14+,15?,16?. The third kappa shape index (κ3) is 6.11. The summed E-state index contributed by atoms with van der Waals surface area (Å²) in [5.41, 5.74) is 11.1. The average Bonchev–Trinajstić information content (AvgIpc) is 3.17. The van der Waals surface area contributed by atoms with Gasteiger partial charge in [-0.25, -0.2) is 0 Å². The van der Waals surface area contributed by atoms with Crippen molar-refractivity contribution in [2.24, 2.45) is 29.2 Å². The van der Waals surface area contributed by atoms with Crippen LogP contribution in [0.2, 0.25) is 0 Å². The number of hydrogen-bond acceptors (Lipinski definition) is 6. The molecule has 0 bridgehead atoms. The first kappa shape index (κ1) is 18.2. The van der Waals surface area contributed by atoms with Gasteiger partial charge in [0.1, 0.15) is 6.04 Å². The van der Waals surface area contributed by atoms with Crippen molar-refractivity contribution in [3.63, 3.8) is 0 Å². The molecule has 130 valence electrons. The van der Waals surface area contributed by atoms with Gasteiger partial charge in [0.15, 0.2) is 0 Å². The second-order valence-corrected chi connectivity index (χ2v) is 6.13. The van der Waals surface area contributed by atoms with Gasteiger partial charge in [-0.15, -0.1) is 11.8 Å². The molecule has 0 saturated heterocycles. The van der Waals surface area contributed by atoms with Gasteiger partial charge in [-0.3, -0.25) is 4.79 Å². The fourth-order valence-electron chi connectivity index (χ4n) is 3.15. The van der Waals surface area contributed by atoms with Gasteiger partial charge in [-0.2, -0.15) is 0 Å². The fourth-order valence-corrected chi connectivity index (χ4v) is 3.15. The van der Waals surface area contributed by atoms with Gasteiger partial charge in [-0.05, 0) is 30.6 Å². The maximum absolute atomic E-state index is 11.9. The smallest absolute Gasteiger partial charge is 0.325 e. The summed E-state index contributed by atoms with van der Waals surface area (Å²) in [7, 11) is 0. The summed E-state index contributed by atoms with van der Waals surface area (Å²) in [5.74, 6) is 7.80. The summed E-state index contributed by atoms with van der Waals surface area (Å²) in [5, 5.41) is 0. The van der Waals surface area contributed by atoms with E-state index in [9.17, 15) is 4.79 Å². The summed E-state index contributed by atoms with van der Waals surface area (Å²) in [4.78, 5) is 11.9. The maximum atomic E-state index is 11.9. The Balaban J connectivity index is 1.54. The molecule has 0 heterocycles. The van der Waals surface area contributed by atoms with Crippen molar-refractivity contribution in [2.45, 2.75) is 31.7 Å². The third-order valence-electron chi connectivity index (χ3n) is 4.49. The van der Waals surface area contributed by atoms with Gasteiger partial charge in [0.2, 0.25) is 0 Å². The highest BCUT2D eigenvalue weighted by Crippen LogP contribution is 2.52. The molecule has 1 fully saturated rings. The number of hydrogen-bond donors (Lipinski definition) is 2. The quantitative estimate of drug-likeness (QED) is 0.340. The molecule has 0 aromatic rings. The molecule has 2 rings (SSSR count). The lowest BCUT2D eigenvalue weighted by Crippen LogP contribution is -2.37. The number of fused-ring (bicyclic) bond motifs is 1. The van der Waals surface area contributed by atoms with E-state index in [1.165, 1.54) is 0 Å². The molecule has 4 N–H and O–H groups in total. The van der Waals surface area contributed by atoms with Crippen LogP contribution in [0.1, 0.15) is 25.7 Å². The van der Waals surface area contributed by atoms with E-state index in [1.807, 2.05) is 0 Å². The molecule has 0 amide bonds. The summed E-state index contributed by atoms with van der Waals surface area (Å²) in [6.45, 7) is 2.46. The molecule has 4 atom stereocenters. The Labute approximate surface area is 138 Å². The Kier molecular flexibility index (Phi) is 7.83. The topological polar surface area (TPSA) is 96.8 Å². The Hall–Kier alpha value is -1.13. The second kappa shape index (κ2) is 9.89. The summed E-state index contributed by atoms with van der Waals surface area (Å²) < 4.78 is 15.8. The largest absolute Gasteiger partial charge is 0.464 e. The Morgan fingerprint density at radius 2 is 1.74 bits per heavy atom. The molecule has 2 unspecified atom stereocenters. The first-order chi connectivity index (χ1) is 11.2. The lowest BCUT2D eigenvalue weighted by molar-refractivity contribution is -0.147. The minimum atomic E-state index is -0.737. The van der Waals surface area contributed by atoms with Crippen LogP contribution in [0, 0.1) is 29.6 Å². The van der Waals surface area contributed by atoms with E-state index in [2.05, 4.69) is 11.8 Å². The highest BCUT2D eigenvalue weighted by molar-refractivity contribution is 5.75. The van der Waals surface area contributed by atoms with E-state index >= 15 is 0 Å². The molecule has 6 nitrogen and oxygen atoms in total. The van der Waals surface area contributed by atoms with Crippen LogP contribution in [0.25, 0.3) is 0 Å². The SMILES string of the molecule is NCCOCCOCC(N)C(=O)OCC1[C@H]2CCC#CCC[C@@H]12. The highest BCUT2D eigenvalue weighted by atomic mass is 16.5. The van der Waals surface area contributed by atoms with Crippen LogP contribution < -0.4 is 11.5 Å². The molecule has 0 aromatic carbocycles. The normalized spacial score (nSPS) is 27.0. The first-order valence-electron chi connectivity index (χ1n) is 8.47. The van der Waals surface area contributed by atoms with Crippen LogP contribution in [0.15, 0.2) is 0 Å². The summed E-state index contributed by atoms with van der Waals surface area (Å²) >= 11 is 0. The van der Waals surface area contributed by atoms with Gasteiger partial charge in [0.05, 0.1) is 33.0 Å². The molecule has 23 heavy (non-hydrogen) atoms. The first-order valence-corrected chi connectivity index (χ1v) is 8.47. The predicted octanol–water partition coefficient (Wildman–Crippen LogP) is 0.288. The van der Waals surface area contributed by atoms with E-state index in [-0.39, 0.29) is 12.6 Å². The number of carbonyl (C=O) groups excluding carboxylic acids is 1. The van der Waals surface area contributed by atoms with Crippen LogP contribution in [0.5, 0.6) is 0 Å².